The standard InChI is InChI=1S/C12H13NO2S2/c14-8-2-1-4-13(7-8)12(15)11-6-10-9(17-11)3-5-16-10/h3,5-6,8,14H,1-2,4,7H2/t8-/m0/s1. The van der Waals surface area contributed by atoms with Crippen molar-refractivity contribution in [2.75, 3.05) is 13.1 Å². The maximum absolute atomic E-state index is 12.2. The third-order valence-electron chi connectivity index (χ3n) is 3.03. The molecule has 0 aromatic carbocycles. The highest BCUT2D eigenvalue weighted by Gasteiger charge is 2.24. The van der Waals surface area contributed by atoms with Crippen molar-refractivity contribution in [3.8, 4) is 0 Å². The fraction of sp³-hybridized carbons (Fsp3) is 0.417. The summed E-state index contributed by atoms with van der Waals surface area (Å²) in [5.41, 5.74) is 0. The Morgan fingerprint density at radius 3 is 3.12 bits per heavy atom. The van der Waals surface area contributed by atoms with Crippen LogP contribution in [0.15, 0.2) is 17.5 Å². The number of nitrogens with zero attached hydrogens (tertiary/aromatic N) is 1. The van der Waals surface area contributed by atoms with Crippen molar-refractivity contribution in [2.45, 2.75) is 18.9 Å². The number of thiophene rings is 2. The Bertz CT molecular complexity index is 517. The number of hydrogen-bond donors (Lipinski definition) is 1. The SMILES string of the molecule is O=C(c1cc2sccc2s1)N1CCC[C@H](O)C1. The monoisotopic (exact) mass is 267 g/mol. The predicted octanol–water partition coefficient (Wildman–Crippen LogP) is 2.56. The molecule has 2 aromatic rings. The van der Waals surface area contributed by atoms with E-state index in [1.54, 1.807) is 27.6 Å². The van der Waals surface area contributed by atoms with Crippen LogP contribution in [0.3, 0.4) is 0 Å². The van der Waals surface area contributed by atoms with Gasteiger partial charge in [-0.25, -0.2) is 0 Å². The van der Waals surface area contributed by atoms with Crippen LogP contribution in [0, 0.1) is 0 Å². The third kappa shape index (κ3) is 2.10. The van der Waals surface area contributed by atoms with Gasteiger partial charge in [0.05, 0.1) is 11.0 Å². The molecule has 3 rings (SSSR count). The fourth-order valence-corrected chi connectivity index (χ4v) is 4.24. The van der Waals surface area contributed by atoms with Gasteiger partial charge in [0, 0.05) is 22.5 Å². The second-order valence-corrected chi connectivity index (χ2v) is 6.34. The van der Waals surface area contributed by atoms with Gasteiger partial charge < -0.3 is 10.0 Å². The summed E-state index contributed by atoms with van der Waals surface area (Å²) in [5.74, 6) is 0.0668. The Labute approximate surface area is 107 Å². The van der Waals surface area contributed by atoms with Crippen LogP contribution in [0.5, 0.6) is 0 Å². The van der Waals surface area contributed by atoms with Crippen molar-refractivity contribution in [3.63, 3.8) is 0 Å². The van der Waals surface area contributed by atoms with E-state index in [2.05, 4.69) is 0 Å². The smallest absolute Gasteiger partial charge is 0.264 e. The van der Waals surface area contributed by atoms with E-state index in [1.165, 1.54) is 9.40 Å². The summed E-state index contributed by atoms with van der Waals surface area (Å²) in [6, 6.07) is 4.01. The minimum atomic E-state index is -0.353. The van der Waals surface area contributed by atoms with Gasteiger partial charge >= 0.3 is 0 Å². The number of piperidine rings is 1. The lowest BCUT2D eigenvalue weighted by atomic mass is 10.1. The third-order valence-corrected chi connectivity index (χ3v) is 5.12. The van der Waals surface area contributed by atoms with E-state index in [-0.39, 0.29) is 12.0 Å². The van der Waals surface area contributed by atoms with E-state index < -0.39 is 0 Å². The Balaban J connectivity index is 1.83. The molecule has 1 aliphatic rings. The van der Waals surface area contributed by atoms with Gasteiger partial charge in [0.25, 0.3) is 5.91 Å². The molecule has 0 unspecified atom stereocenters. The molecule has 3 heterocycles. The molecule has 1 amide bonds. The summed E-state index contributed by atoms with van der Waals surface area (Å²) < 4.78 is 2.35. The second kappa shape index (κ2) is 4.40. The van der Waals surface area contributed by atoms with E-state index in [0.717, 1.165) is 24.3 Å². The van der Waals surface area contributed by atoms with E-state index in [0.29, 0.717) is 6.54 Å². The molecular formula is C12H13NO2S2. The van der Waals surface area contributed by atoms with Crippen LogP contribution >= 0.6 is 22.7 Å². The first-order valence-corrected chi connectivity index (χ1v) is 7.38. The van der Waals surface area contributed by atoms with Crippen molar-refractivity contribution in [1.29, 1.82) is 0 Å². The van der Waals surface area contributed by atoms with Crippen LogP contribution in [0.2, 0.25) is 0 Å². The number of carbonyl (C=O) groups excluding carboxylic acids is 1. The maximum Gasteiger partial charge on any atom is 0.264 e. The second-order valence-electron chi connectivity index (χ2n) is 4.31. The molecule has 0 saturated carbocycles. The van der Waals surface area contributed by atoms with Gasteiger partial charge in [-0.15, -0.1) is 22.7 Å². The fourth-order valence-electron chi connectivity index (χ4n) is 2.17. The average molecular weight is 267 g/mol. The van der Waals surface area contributed by atoms with Crippen molar-refractivity contribution >= 4 is 38.0 Å². The summed E-state index contributed by atoms with van der Waals surface area (Å²) >= 11 is 3.21. The van der Waals surface area contributed by atoms with E-state index in [9.17, 15) is 9.90 Å². The Morgan fingerprint density at radius 1 is 1.47 bits per heavy atom. The van der Waals surface area contributed by atoms with Crippen molar-refractivity contribution in [1.82, 2.24) is 4.90 Å². The number of aliphatic hydroxyl groups excluding tert-OH is 1. The molecule has 0 radical (unpaired) electrons. The van der Waals surface area contributed by atoms with Crippen LogP contribution in [0.1, 0.15) is 22.5 Å². The zero-order valence-corrected chi connectivity index (χ0v) is 10.9. The molecule has 1 atom stereocenters. The first-order valence-electron chi connectivity index (χ1n) is 5.68. The highest BCUT2D eigenvalue weighted by atomic mass is 32.1. The summed E-state index contributed by atoms with van der Waals surface area (Å²) in [7, 11) is 0. The predicted molar refractivity (Wildman–Crippen MR) is 70.8 cm³/mol. The number of aliphatic hydroxyl groups is 1. The molecule has 0 aliphatic carbocycles. The van der Waals surface area contributed by atoms with Gasteiger partial charge in [-0.2, -0.15) is 0 Å². The minimum Gasteiger partial charge on any atom is -0.391 e. The average Bonchev–Trinajstić information content (AvgIpc) is 2.88. The van der Waals surface area contributed by atoms with Crippen LogP contribution in [0.25, 0.3) is 9.40 Å². The molecule has 0 spiro atoms. The highest BCUT2D eigenvalue weighted by Crippen LogP contribution is 2.31. The molecule has 1 saturated heterocycles. The van der Waals surface area contributed by atoms with Gasteiger partial charge in [0.15, 0.2) is 0 Å². The van der Waals surface area contributed by atoms with Crippen LogP contribution in [-0.2, 0) is 0 Å². The van der Waals surface area contributed by atoms with Crippen LogP contribution in [-0.4, -0.2) is 35.1 Å². The number of likely N-dealkylation sites (tertiary alicyclic amines) is 1. The molecule has 3 nitrogen and oxygen atoms in total. The van der Waals surface area contributed by atoms with Gasteiger partial charge in [-0.1, -0.05) is 0 Å². The number of β-amino-alcohol motifs (C(OH)–C–C–N with tert-alkyl or cyclic N) is 1. The molecule has 1 fully saturated rings. The first kappa shape index (κ1) is 11.2. The first-order chi connectivity index (χ1) is 8.24. The van der Waals surface area contributed by atoms with Gasteiger partial charge in [0.1, 0.15) is 0 Å². The zero-order chi connectivity index (χ0) is 11.8. The van der Waals surface area contributed by atoms with E-state index in [1.807, 2.05) is 17.5 Å². The number of hydrogen-bond acceptors (Lipinski definition) is 4. The number of rotatable bonds is 1. The Morgan fingerprint density at radius 2 is 2.35 bits per heavy atom. The number of fused-ring (bicyclic) bond motifs is 1. The molecule has 5 heteroatoms. The zero-order valence-electron chi connectivity index (χ0n) is 9.26. The Hall–Kier alpha value is -0.910. The van der Waals surface area contributed by atoms with Crippen LogP contribution < -0.4 is 0 Å². The normalized spacial score (nSPS) is 21.0. The summed E-state index contributed by atoms with van der Waals surface area (Å²) in [5, 5.41) is 11.6. The molecule has 17 heavy (non-hydrogen) atoms. The molecule has 90 valence electrons. The number of amides is 1. The Kier molecular flexibility index (Phi) is 2.90. The lowest BCUT2D eigenvalue weighted by Gasteiger charge is -2.29. The molecule has 1 aliphatic heterocycles. The molecular weight excluding hydrogens is 254 g/mol. The van der Waals surface area contributed by atoms with E-state index >= 15 is 0 Å². The van der Waals surface area contributed by atoms with Crippen molar-refractivity contribution in [3.05, 3.63) is 22.4 Å². The van der Waals surface area contributed by atoms with E-state index in [4.69, 9.17) is 0 Å². The quantitative estimate of drug-likeness (QED) is 0.862. The lowest BCUT2D eigenvalue weighted by Crippen LogP contribution is -2.41. The van der Waals surface area contributed by atoms with Gasteiger partial charge in [-0.05, 0) is 30.4 Å². The van der Waals surface area contributed by atoms with Crippen molar-refractivity contribution in [2.24, 2.45) is 0 Å². The summed E-state index contributed by atoms with van der Waals surface area (Å²) in [6.45, 7) is 1.24. The van der Waals surface area contributed by atoms with Gasteiger partial charge in [0.2, 0.25) is 0 Å². The summed E-state index contributed by atoms with van der Waals surface area (Å²) in [6.07, 6.45) is 1.35. The molecule has 0 bridgehead atoms. The van der Waals surface area contributed by atoms with Crippen LogP contribution in [0.4, 0.5) is 0 Å². The van der Waals surface area contributed by atoms with Crippen molar-refractivity contribution < 1.29 is 9.90 Å². The molecule has 2 aromatic heterocycles. The minimum absolute atomic E-state index is 0.0668. The lowest BCUT2D eigenvalue weighted by molar-refractivity contribution is 0.0478. The highest BCUT2D eigenvalue weighted by molar-refractivity contribution is 7.27. The number of carbonyl (C=O) groups is 1. The van der Waals surface area contributed by atoms with Gasteiger partial charge in [-0.3, -0.25) is 4.79 Å². The maximum atomic E-state index is 12.2. The topological polar surface area (TPSA) is 40.5 Å². The largest absolute Gasteiger partial charge is 0.391 e. The summed E-state index contributed by atoms with van der Waals surface area (Å²) in [4.78, 5) is 14.8. The molecule has 1 N–H and O–H groups in total.